The number of rotatable bonds is 5. The van der Waals surface area contributed by atoms with Crippen molar-refractivity contribution in [3.8, 4) is 11.1 Å². The van der Waals surface area contributed by atoms with Crippen molar-refractivity contribution in [1.82, 2.24) is 4.98 Å². The van der Waals surface area contributed by atoms with Gasteiger partial charge in [0.2, 0.25) is 6.71 Å². The maximum Gasteiger partial charge on any atom is 0.373 e. The molecule has 3 aromatic carbocycles. The third-order valence-corrected chi connectivity index (χ3v) is 8.29. The molecule has 41 heavy (non-hydrogen) atoms. The van der Waals surface area contributed by atoms with Crippen LogP contribution in [0.3, 0.4) is 0 Å². The van der Waals surface area contributed by atoms with Crippen molar-refractivity contribution in [2.24, 2.45) is 0 Å². The van der Waals surface area contributed by atoms with Crippen LogP contribution in [-0.4, -0.2) is 28.9 Å². The lowest BCUT2D eigenvalue weighted by Gasteiger charge is -2.30. The zero-order valence-electron chi connectivity index (χ0n) is 25.7. The van der Waals surface area contributed by atoms with Crippen LogP contribution in [0.5, 0.6) is 0 Å². The van der Waals surface area contributed by atoms with Crippen LogP contribution in [0.2, 0.25) is 0 Å². The van der Waals surface area contributed by atoms with Gasteiger partial charge in [-0.2, -0.15) is 9.59 Å². The molecule has 0 spiro atoms. The molecule has 6 heteroatoms. The monoisotopic (exact) mass is 547 g/mol. The number of carbonyl (C=O) groups is 1. The minimum Gasteiger partial charge on any atom is -0.477 e. The van der Waals surface area contributed by atoms with Crippen molar-refractivity contribution in [2.45, 2.75) is 69.2 Å². The van der Waals surface area contributed by atoms with Crippen molar-refractivity contribution in [3.63, 3.8) is 0 Å². The van der Waals surface area contributed by atoms with Gasteiger partial charge in [0, 0.05) is 6.20 Å². The first-order chi connectivity index (χ1) is 19.2. The van der Waals surface area contributed by atoms with Crippen LogP contribution in [0.1, 0.15) is 66.1 Å². The number of hydrogen-bond donors (Lipinski definition) is 1. The molecule has 5 nitrogen and oxygen atoms in total. The van der Waals surface area contributed by atoms with E-state index in [1.165, 1.54) is 72.0 Å². The summed E-state index contributed by atoms with van der Waals surface area (Å²) in [4.78, 5) is 32.0. The number of carbonyl (C=O) groups excluding carboxylic acids is 2. The van der Waals surface area contributed by atoms with E-state index in [4.69, 9.17) is 9.59 Å². The highest BCUT2D eigenvalue weighted by molar-refractivity contribution is 6.97. The number of benzene rings is 3. The van der Waals surface area contributed by atoms with E-state index in [-0.39, 0.29) is 18.6 Å². The number of carboxylic acid groups (broad SMARTS) is 1. The molecular weight excluding hydrogens is 509 g/mol. The zero-order chi connectivity index (χ0) is 30.8. The van der Waals surface area contributed by atoms with Gasteiger partial charge in [0.25, 0.3) is 0 Å². The number of nitrogens with zero attached hydrogens (tertiary/aromatic N) is 1. The topological polar surface area (TPSA) is 84.3 Å². The average molecular weight is 548 g/mol. The van der Waals surface area contributed by atoms with Crippen LogP contribution in [0.25, 0.3) is 11.1 Å². The van der Waals surface area contributed by atoms with Gasteiger partial charge in [-0.1, -0.05) is 85.2 Å². The molecule has 0 fully saturated rings. The second kappa shape index (κ2) is 12.5. The number of aromatic carboxylic acids is 1. The quantitative estimate of drug-likeness (QED) is 0.336. The molecule has 0 aliphatic rings. The second-order valence-corrected chi connectivity index (χ2v) is 11.2. The van der Waals surface area contributed by atoms with Crippen LogP contribution in [0.15, 0.2) is 42.6 Å². The number of aromatic nitrogens is 1. The van der Waals surface area contributed by atoms with Crippen LogP contribution in [0.4, 0.5) is 0 Å². The highest BCUT2D eigenvalue weighted by atomic mass is 16.4. The number of carboxylic acids is 1. The molecule has 1 heterocycles. The summed E-state index contributed by atoms with van der Waals surface area (Å²) in [6.07, 6.45) is 1.84. The van der Waals surface area contributed by atoms with Gasteiger partial charge in [-0.05, 0) is 104 Å². The fourth-order valence-electron chi connectivity index (χ4n) is 6.64. The van der Waals surface area contributed by atoms with Gasteiger partial charge in [-0.3, -0.25) is 0 Å². The number of hydrogen-bond acceptors (Lipinski definition) is 4. The Morgan fingerprint density at radius 1 is 0.659 bits per heavy atom. The molecule has 210 valence electrons. The number of pyridine rings is 1. The van der Waals surface area contributed by atoms with Gasteiger partial charge in [0.1, 0.15) is 5.69 Å². The third-order valence-electron chi connectivity index (χ3n) is 8.29. The number of aryl methyl sites for hydroxylation is 6. The molecule has 0 amide bonds. The maximum atomic E-state index is 11.7. The molecule has 4 aromatic rings. The Labute approximate surface area is 243 Å². The zero-order valence-corrected chi connectivity index (χ0v) is 25.7. The van der Waals surface area contributed by atoms with Crippen molar-refractivity contribution in [3.05, 3.63) is 104 Å². The Bertz CT molecular complexity index is 1560. The molecule has 0 bridgehead atoms. The molecular formula is C35H38BNO4. The van der Waals surface area contributed by atoms with Crippen LogP contribution in [-0.2, 0) is 9.59 Å². The lowest BCUT2D eigenvalue weighted by atomic mass is 9.32. The van der Waals surface area contributed by atoms with E-state index in [2.05, 4.69) is 98.5 Å². The van der Waals surface area contributed by atoms with Gasteiger partial charge < -0.3 is 5.11 Å². The summed E-state index contributed by atoms with van der Waals surface area (Å²) >= 11 is 0. The highest BCUT2D eigenvalue weighted by Gasteiger charge is 2.32. The largest absolute Gasteiger partial charge is 0.477 e. The summed E-state index contributed by atoms with van der Waals surface area (Å²) in [6, 6.07) is 12.8. The Hall–Kier alpha value is -4.28. The predicted molar refractivity (Wildman–Crippen MR) is 167 cm³/mol. The van der Waals surface area contributed by atoms with Gasteiger partial charge in [0.15, 0.2) is 0 Å². The average Bonchev–Trinajstić information content (AvgIpc) is 2.87. The highest BCUT2D eigenvalue weighted by Crippen LogP contribution is 2.31. The lowest BCUT2D eigenvalue weighted by Crippen LogP contribution is -2.57. The van der Waals surface area contributed by atoms with E-state index in [1.807, 2.05) is 6.07 Å². The van der Waals surface area contributed by atoms with Gasteiger partial charge in [-0.25, -0.2) is 9.78 Å². The van der Waals surface area contributed by atoms with E-state index in [9.17, 15) is 9.90 Å². The van der Waals surface area contributed by atoms with E-state index in [0.29, 0.717) is 0 Å². The molecule has 4 rings (SSSR count). The van der Waals surface area contributed by atoms with Crippen molar-refractivity contribution in [2.75, 3.05) is 0 Å². The summed E-state index contributed by atoms with van der Waals surface area (Å²) in [6.45, 7) is 22.2. The standard InChI is InChI=1S/C34H38BNO2.CO2/c1-18-13-20(3)31(21(4)14-18)35(32-22(5)15-19(2)16-23(32)6)33-26(9)24(7)30(25(8)27(33)10)28-11-12-36-29(17-28)34(37)38;2-1-3/h11-17H,1-10H3,(H,37,38);. The van der Waals surface area contributed by atoms with Crippen molar-refractivity contribution >= 4 is 35.2 Å². The van der Waals surface area contributed by atoms with Gasteiger partial charge >= 0.3 is 12.1 Å². The smallest absolute Gasteiger partial charge is 0.373 e. The molecule has 0 aliphatic carbocycles. The minimum absolute atomic E-state index is 0.0652. The Kier molecular flexibility index (Phi) is 9.52. The SMILES string of the molecule is Cc1cc(C)c(B(c2c(C)cc(C)cc2C)c2c(C)c(C)c(-c3ccnc(C(=O)O)c3)c(C)c2C)c(C)c1.O=C=O. The fraction of sp³-hybridized carbons (Fsp3) is 0.286. The second-order valence-electron chi connectivity index (χ2n) is 11.2. The van der Waals surface area contributed by atoms with E-state index < -0.39 is 5.97 Å². The molecule has 0 atom stereocenters. The minimum atomic E-state index is -1.01. The van der Waals surface area contributed by atoms with Crippen LogP contribution in [0, 0.1) is 69.2 Å². The summed E-state index contributed by atoms with van der Waals surface area (Å²) < 4.78 is 0. The Balaban J connectivity index is 0.00000147. The first kappa shape index (κ1) is 31.3. The van der Waals surface area contributed by atoms with Gasteiger partial charge in [0.05, 0.1) is 0 Å². The first-order valence-electron chi connectivity index (χ1n) is 13.7. The maximum absolute atomic E-state index is 11.7. The molecule has 0 saturated carbocycles. The fourth-order valence-corrected chi connectivity index (χ4v) is 6.64. The summed E-state index contributed by atoms with van der Waals surface area (Å²) in [5, 5.41) is 9.55. The first-order valence-corrected chi connectivity index (χ1v) is 13.7. The van der Waals surface area contributed by atoms with Crippen LogP contribution >= 0.6 is 0 Å². The van der Waals surface area contributed by atoms with Gasteiger partial charge in [-0.15, -0.1) is 0 Å². The van der Waals surface area contributed by atoms with E-state index in [0.717, 1.165) is 11.1 Å². The molecule has 0 saturated heterocycles. The predicted octanol–water partition coefficient (Wildman–Crippen LogP) is 5.46. The Morgan fingerprint density at radius 2 is 1.05 bits per heavy atom. The van der Waals surface area contributed by atoms with Crippen LogP contribution < -0.4 is 16.4 Å². The van der Waals surface area contributed by atoms with Crippen molar-refractivity contribution < 1.29 is 19.5 Å². The summed E-state index contributed by atoms with van der Waals surface area (Å²) in [7, 11) is 0. The molecule has 0 unspecified atom stereocenters. The molecule has 1 N–H and O–H groups in total. The third kappa shape index (κ3) is 6.08. The van der Waals surface area contributed by atoms with Crippen molar-refractivity contribution in [1.29, 1.82) is 0 Å². The van der Waals surface area contributed by atoms with E-state index >= 15 is 0 Å². The Morgan fingerprint density at radius 3 is 1.41 bits per heavy atom. The molecule has 0 radical (unpaired) electrons. The lowest BCUT2D eigenvalue weighted by molar-refractivity contribution is -0.191. The van der Waals surface area contributed by atoms with E-state index in [1.54, 1.807) is 12.3 Å². The molecule has 0 aliphatic heterocycles. The summed E-state index contributed by atoms with van der Waals surface area (Å²) in [5.74, 6) is -1.01. The normalized spacial score (nSPS) is 10.5. The summed E-state index contributed by atoms with van der Waals surface area (Å²) in [5.41, 5.74) is 18.8. The molecule has 1 aromatic heterocycles.